The number of fused-ring (bicyclic) bond motifs is 1. The Kier molecular flexibility index (Phi) is 6.47. The molecular weight excluding hydrogens is 358 g/mol. The van der Waals surface area contributed by atoms with Gasteiger partial charge >= 0.3 is 6.09 Å². The molecule has 0 unspecified atom stereocenters. The molecule has 2 N–H and O–H groups in total. The molecule has 2 rings (SSSR count). The molecule has 0 spiro atoms. The Morgan fingerprint density at radius 2 is 2.00 bits per heavy atom. The monoisotopic (exact) mass is 383 g/mol. The fourth-order valence-electron chi connectivity index (χ4n) is 2.20. The first-order chi connectivity index (χ1) is 12.2. The third-order valence-corrected chi connectivity index (χ3v) is 4.03. The second kappa shape index (κ2) is 8.39. The first-order valence-corrected chi connectivity index (χ1v) is 9.51. The number of carbonyl (C=O) groups excluding carboxylic acids is 2. The fraction of sp³-hybridized carbons (Fsp3) is 0.529. The van der Waals surface area contributed by atoms with E-state index in [1.165, 1.54) is 11.8 Å². The number of thioether (sulfide) groups is 1. The average Bonchev–Trinajstić information content (AvgIpc) is 3.00. The van der Waals surface area contributed by atoms with Gasteiger partial charge in [-0.15, -0.1) is 0 Å². The Bertz CT molecular complexity index is 662. The number of hydrogen-bond donors (Lipinski definition) is 2. The molecular formula is C17H25N3O5S. The van der Waals surface area contributed by atoms with E-state index >= 15 is 0 Å². The van der Waals surface area contributed by atoms with Crippen LogP contribution in [-0.4, -0.2) is 49.5 Å². The molecule has 0 aliphatic carbocycles. The summed E-state index contributed by atoms with van der Waals surface area (Å²) in [7, 11) is 1.71. The number of nitrogens with zero attached hydrogens (tertiary/aromatic N) is 1. The van der Waals surface area contributed by atoms with Crippen LogP contribution in [0.5, 0.6) is 11.5 Å². The van der Waals surface area contributed by atoms with E-state index in [-0.39, 0.29) is 12.7 Å². The predicted molar refractivity (Wildman–Crippen MR) is 101 cm³/mol. The topological polar surface area (TPSA) is 89.1 Å². The van der Waals surface area contributed by atoms with Crippen molar-refractivity contribution >= 4 is 29.4 Å². The summed E-state index contributed by atoms with van der Waals surface area (Å²) in [6.45, 7) is 5.49. The van der Waals surface area contributed by atoms with Gasteiger partial charge in [-0.25, -0.2) is 4.79 Å². The summed E-state index contributed by atoms with van der Waals surface area (Å²) in [4.78, 5) is 24.5. The van der Waals surface area contributed by atoms with Gasteiger partial charge < -0.3 is 19.5 Å². The maximum absolute atomic E-state index is 12.6. The van der Waals surface area contributed by atoms with E-state index in [1.807, 2.05) is 6.26 Å². The van der Waals surface area contributed by atoms with Crippen molar-refractivity contribution < 1.29 is 23.8 Å². The van der Waals surface area contributed by atoms with Gasteiger partial charge in [0.25, 0.3) is 5.91 Å². The lowest BCUT2D eigenvalue weighted by Crippen LogP contribution is -2.53. The highest BCUT2D eigenvalue weighted by molar-refractivity contribution is 7.98. The van der Waals surface area contributed by atoms with Crippen LogP contribution in [-0.2, 0) is 9.53 Å². The smallest absolute Gasteiger partial charge is 0.408 e. The van der Waals surface area contributed by atoms with Gasteiger partial charge in [0.05, 0.1) is 5.69 Å². The number of rotatable bonds is 6. The largest absolute Gasteiger partial charge is 0.454 e. The van der Waals surface area contributed by atoms with Crippen molar-refractivity contribution in [3.05, 3.63) is 18.2 Å². The lowest BCUT2D eigenvalue weighted by Gasteiger charge is -2.26. The van der Waals surface area contributed by atoms with Crippen LogP contribution in [0.1, 0.15) is 20.8 Å². The van der Waals surface area contributed by atoms with Gasteiger partial charge in [0, 0.05) is 18.9 Å². The van der Waals surface area contributed by atoms with Crippen LogP contribution in [0.2, 0.25) is 0 Å². The van der Waals surface area contributed by atoms with Crippen LogP contribution in [0.4, 0.5) is 10.5 Å². The Labute approximate surface area is 157 Å². The average molecular weight is 383 g/mol. The van der Waals surface area contributed by atoms with E-state index < -0.39 is 17.7 Å². The number of anilines is 1. The third kappa shape index (κ3) is 5.62. The number of hydrogen-bond acceptors (Lipinski definition) is 7. The van der Waals surface area contributed by atoms with E-state index in [2.05, 4.69) is 10.7 Å². The minimum Gasteiger partial charge on any atom is -0.454 e. The van der Waals surface area contributed by atoms with Crippen molar-refractivity contribution in [3.63, 3.8) is 0 Å². The number of nitrogens with one attached hydrogen (secondary N) is 2. The van der Waals surface area contributed by atoms with Gasteiger partial charge in [-0.3, -0.25) is 15.2 Å². The molecule has 1 aromatic carbocycles. The van der Waals surface area contributed by atoms with Gasteiger partial charge in [-0.05, 0) is 39.2 Å². The minimum atomic E-state index is -0.726. The molecule has 0 saturated heterocycles. The number of carbonyl (C=O) groups is 2. The van der Waals surface area contributed by atoms with Crippen molar-refractivity contribution in [1.29, 1.82) is 0 Å². The summed E-state index contributed by atoms with van der Waals surface area (Å²) in [5, 5.41) is 4.17. The summed E-state index contributed by atoms with van der Waals surface area (Å²) in [5.41, 5.74) is 2.85. The van der Waals surface area contributed by atoms with Gasteiger partial charge in [0.15, 0.2) is 11.5 Å². The van der Waals surface area contributed by atoms with Crippen LogP contribution < -0.4 is 25.2 Å². The summed E-state index contributed by atoms with van der Waals surface area (Å²) in [6.07, 6.45) is 1.23. The Morgan fingerprint density at radius 1 is 1.31 bits per heavy atom. The first-order valence-electron chi connectivity index (χ1n) is 8.12. The molecule has 1 heterocycles. The van der Waals surface area contributed by atoms with Gasteiger partial charge in [-0.1, -0.05) is 0 Å². The predicted octanol–water partition coefficient (Wildman–Crippen LogP) is 2.14. The maximum atomic E-state index is 12.6. The minimum absolute atomic E-state index is 0.185. The van der Waals surface area contributed by atoms with Gasteiger partial charge in [-0.2, -0.15) is 11.8 Å². The lowest BCUT2D eigenvalue weighted by molar-refractivity contribution is -0.122. The van der Waals surface area contributed by atoms with Crippen molar-refractivity contribution in [1.82, 2.24) is 10.7 Å². The number of hydrazine groups is 1. The summed E-state index contributed by atoms with van der Waals surface area (Å²) < 4.78 is 15.8. The van der Waals surface area contributed by atoms with Gasteiger partial charge in [0.2, 0.25) is 6.79 Å². The fourth-order valence-corrected chi connectivity index (χ4v) is 2.77. The molecule has 0 radical (unpaired) electrons. The first kappa shape index (κ1) is 20.0. The number of alkyl carbamates (subject to hydrolysis) is 1. The summed E-state index contributed by atoms with van der Waals surface area (Å²) >= 11 is 1.45. The normalized spacial score (nSPS) is 13.7. The van der Waals surface area contributed by atoms with E-state index in [0.29, 0.717) is 17.3 Å². The molecule has 1 atom stereocenters. The highest BCUT2D eigenvalue weighted by atomic mass is 32.2. The van der Waals surface area contributed by atoms with Crippen LogP contribution in [0, 0.1) is 0 Å². The molecule has 1 aromatic rings. The third-order valence-electron chi connectivity index (χ3n) is 3.36. The standard InChI is InChI=1S/C17H25N3O5S/c1-17(2,3)25-16(22)18-12(9-26-5)15(21)19-20(4)11-6-7-13-14(8-11)24-10-23-13/h6-8,12H,9-10H2,1-5H3,(H,18,22)(H,19,21)/t12-/m0/s1. The molecule has 0 fully saturated rings. The molecule has 0 bridgehead atoms. The van der Waals surface area contributed by atoms with Crippen molar-refractivity contribution in [3.8, 4) is 11.5 Å². The van der Waals surface area contributed by atoms with Crippen LogP contribution >= 0.6 is 11.8 Å². The molecule has 8 nitrogen and oxygen atoms in total. The highest BCUT2D eigenvalue weighted by Crippen LogP contribution is 2.34. The molecule has 0 aromatic heterocycles. The van der Waals surface area contributed by atoms with Gasteiger partial charge in [0.1, 0.15) is 11.6 Å². The van der Waals surface area contributed by atoms with E-state index in [9.17, 15) is 9.59 Å². The number of benzene rings is 1. The highest BCUT2D eigenvalue weighted by Gasteiger charge is 2.25. The van der Waals surface area contributed by atoms with Crippen molar-refractivity contribution in [2.75, 3.05) is 30.9 Å². The SMILES string of the molecule is CSC[C@H](NC(=O)OC(C)(C)C)C(=O)NN(C)c1ccc2c(c1)OCO2. The van der Waals surface area contributed by atoms with Crippen LogP contribution in [0.25, 0.3) is 0 Å². The summed E-state index contributed by atoms with van der Waals surface area (Å²) in [6, 6.07) is 4.63. The van der Waals surface area contributed by atoms with Crippen molar-refractivity contribution in [2.45, 2.75) is 32.4 Å². The van der Waals surface area contributed by atoms with Crippen molar-refractivity contribution in [2.24, 2.45) is 0 Å². The number of amides is 2. The Balaban J connectivity index is 1.98. The molecule has 9 heteroatoms. The molecule has 144 valence electrons. The molecule has 1 aliphatic heterocycles. The lowest BCUT2D eigenvalue weighted by atomic mass is 10.2. The zero-order valence-corrected chi connectivity index (χ0v) is 16.4. The second-order valence-electron chi connectivity index (χ2n) is 6.73. The van der Waals surface area contributed by atoms with E-state index in [0.717, 1.165) is 5.69 Å². The van der Waals surface area contributed by atoms with E-state index in [4.69, 9.17) is 14.2 Å². The van der Waals surface area contributed by atoms with Crippen LogP contribution in [0.3, 0.4) is 0 Å². The quantitative estimate of drug-likeness (QED) is 0.728. The van der Waals surface area contributed by atoms with Crippen LogP contribution in [0.15, 0.2) is 18.2 Å². The Morgan fingerprint density at radius 3 is 2.65 bits per heavy atom. The second-order valence-corrected chi connectivity index (χ2v) is 7.64. The molecule has 1 aliphatic rings. The number of ether oxygens (including phenoxy) is 3. The molecule has 0 saturated carbocycles. The Hall–Kier alpha value is -2.29. The maximum Gasteiger partial charge on any atom is 0.408 e. The zero-order chi connectivity index (χ0) is 19.3. The summed E-state index contributed by atoms with van der Waals surface area (Å²) in [5.74, 6) is 1.36. The molecule has 26 heavy (non-hydrogen) atoms. The molecule has 2 amide bonds. The zero-order valence-electron chi connectivity index (χ0n) is 15.6. The van der Waals surface area contributed by atoms with E-state index in [1.54, 1.807) is 51.0 Å².